The Morgan fingerprint density at radius 2 is 0.909 bits per heavy atom. The van der Waals surface area contributed by atoms with Gasteiger partial charge in [-0.1, -0.05) is 39.9 Å². The van der Waals surface area contributed by atoms with Crippen molar-refractivity contribution in [3.63, 3.8) is 0 Å². The Balaban J connectivity index is -0.0000000550. The highest BCUT2D eigenvalue weighted by molar-refractivity contribution is 7.89. The van der Waals surface area contributed by atoms with E-state index in [0.717, 1.165) is 17.4 Å². The minimum Gasteiger partial charge on any atom is -0.300 e. The maximum atomic E-state index is 9.63. The van der Waals surface area contributed by atoms with Crippen LogP contribution in [0.3, 0.4) is 0 Å². The minimum atomic E-state index is -2.67. The van der Waals surface area contributed by atoms with E-state index in [9.17, 15) is 17.4 Å². The highest BCUT2D eigenvalue weighted by Gasteiger charge is 1.95. The summed E-state index contributed by atoms with van der Waals surface area (Å²) >= 11 is 4.54. The average Bonchev–Trinajstić information content (AvgIpc) is 1.88. The summed E-state index contributed by atoms with van der Waals surface area (Å²) in [5.41, 5.74) is 0.500. The van der Waals surface area contributed by atoms with Crippen molar-refractivity contribution in [2.45, 2.75) is 55.4 Å². The van der Waals surface area contributed by atoms with E-state index in [2.05, 4.69) is 39.9 Å². The fourth-order valence-electron chi connectivity index (χ4n) is 0. The first-order chi connectivity index (χ1) is 9.20. The van der Waals surface area contributed by atoms with E-state index in [-0.39, 0.29) is 5.78 Å². The van der Waals surface area contributed by atoms with E-state index < -0.39 is 20.6 Å². The van der Waals surface area contributed by atoms with Gasteiger partial charge in [0.1, 0.15) is 15.6 Å². The second-order valence-electron chi connectivity index (χ2n) is 6.70. The summed E-state index contributed by atoms with van der Waals surface area (Å²) in [5.74, 6) is 0.167. The highest BCUT2D eigenvalue weighted by atomic mass is 32.2. The summed E-state index contributed by atoms with van der Waals surface area (Å²) in [6.45, 7) is 15.6. The maximum absolute atomic E-state index is 9.63. The Bertz CT molecular complexity index is 337. The summed E-state index contributed by atoms with van der Waals surface area (Å²) < 4.78 is 28.8. The Hall–Kier alpha value is -0.140. The van der Waals surface area contributed by atoms with E-state index in [1.807, 2.05) is 13.8 Å². The zero-order valence-electron chi connectivity index (χ0n) is 16.4. The summed E-state index contributed by atoms with van der Waals surface area (Å²) in [6, 6.07) is 0. The van der Waals surface area contributed by atoms with Crippen LogP contribution in [0.2, 0.25) is 0 Å². The summed E-state index contributed by atoms with van der Waals surface area (Å²) in [6.07, 6.45) is 5.60. The molecule has 0 saturated heterocycles. The Morgan fingerprint density at radius 1 is 0.909 bits per heavy atom. The van der Waals surface area contributed by atoms with Crippen LogP contribution in [0.4, 0.5) is 0 Å². The van der Waals surface area contributed by atoms with Gasteiger partial charge in [0.05, 0.1) is 0 Å². The molecular formula is C15H36O4S3. The SMILES string of the molecule is CC(C)(C)C.CC(C)=O.CC(C)=S.CS(C)(=O)=O.CS(C)=O. The van der Waals surface area contributed by atoms with Gasteiger partial charge in [0.2, 0.25) is 0 Å². The maximum Gasteiger partial charge on any atom is 0.144 e. The molecule has 0 N–H and O–H groups in total. The van der Waals surface area contributed by atoms with Gasteiger partial charge in [-0.2, -0.15) is 0 Å². The highest BCUT2D eigenvalue weighted by Crippen LogP contribution is 2.08. The molecule has 0 aliphatic rings. The van der Waals surface area contributed by atoms with Crippen molar-refractivity contribution < 1.29 is 17.4 Å². The molecule has 138 valence electrons. The van der Waals surface area contributed by atoms with Crippen LogP contribution in [0.15, 0.2) is 0 Å². The molecule has 0 amide bonds. The predicted octanol–water partition coefficient (Wildman–Crippen LogP) is 3.70. The molecule has 0 bridgehead atoms. The van der Waals surface area contributed by atoms with E-state index in [0.29, 0.717) is 5.41 Å². The minimum absolute atomic E-state index is 0.167. The number of sulfone groups is 1. The van der Waals surface area contributed by atoms with Crippen LogP contribution in [0, 0.1) is 5.41 Å². The monoisotopic (exact) mass is 376 g/mol. The number of ketones is 1. The number of carbonyl (C=O) groups excluding carboxylic acids is 1. The van der Waals surface area contributed by atoms with Gasteiger partial charge < -0.3 is 4.79 Å². The second-order valence-corrected chi connectivity index (χ2v) is 11.3. The fourth-order valence-corrected chi connectivity index (χ4v) is 0. The third-order valence-electron chi connectivity index (χ3n) is 0. The number of hydrogen-bond donors (Lipinski definition) is 0. The van der Waals surface area contributed by atoms with Crippen LogP contribution in [-0.4, -0.2) is 48.3 Å². The standard InChI is InChI=1S/C5H12.C3H6O.C3H6S.C2H6O2S.C2H6OS/c1-5(2,3)4;2*1-3(2)4;1-5(2,3)4;1-4(2)3/h1-4H3;2*1-2H3;1-2H3;1-2H3. The third-order valence-corrected chi connectivity index (χ3v) is 0. The van der Waals surface area contributed by atoms with Gasteiger partial charge in [0.15, 0.2) is 0 Å². The third kappa shape index (κ3) is 360000. The van der Waals surface area contributed by atoms with Crippen LogP contribution in [0.25, 0.3) is 0 Å². The molecule has 0 saturated carbocycles. The zero-order valence-corrected chi connectivity index (χ0v) is 18.8. The predicted molar refractivity (Wildman–Crippen MR) is 106 cm³/mol. The molecule has 0 aromatic heterocycles. The van der Waals surface area contributed by atoms with Gasteiger partial charge in [-0.05, 0) is 38.0 Å². The molecule has 7 heteroatoms. The van der Waals surface area contributed by atoms with Crippen LogP contribution in [0.5, 0.6) is 0 Å². The van der Waals surface area contributed by atoms with Crippen molar-refractivity contribution in [3.8, 4) is 0 Å². The Morgan fingerprint density at radius 3 is 0.909 bits per heavy atom. The molecule has 0 rings (SSSR count). The van der Waals surface area contributed by atoms with Crippen LogP contribution >= 0.6 is 12.2 Å². The number of rotatable bonds is 0. The van der Waals surface area contributed by atoms with Gasteiger partial charge in [-0.3, -0.25) is 4.21 Å². The van der Waals surface area contributed by atoms with Gasteiger partial charge >= 0.3 is 0 Å². The van der Waals surface area contributed by atoms with Crippen molar-refractivity contribution in [3.05, 3.63) is 0 Å². The number of Topliss-reactive ketones (excluding diaryl/α,β-unsaturated/α-hetero) is 1. The zero-order chi connectivity index (χ0) is 19.7. The van der Waals surface area contributed by atoms with E-state index in [4.69, 9.17) is 0 Å². The molecule has 0 radical (unpaired) electrons. The van der Waals surface area contributed by atoms with Crippen molar-refractivity contribution in [2.24, 2.45) is 5.41 Å². The summed E-state index contributed by atoms with van der Waals surface area (Å²) in [4.78, 5) is 10.4. The van der Waals surface area contributed by atoms with E-state index in [1.165, 1.54) is 13.8 Å². The van der Waals surface area contributed by atoms with Crippen molar-refractivity contribution >= 4 is 43.5 Å². The molecule has 0 aromatic rings. The number of carbonyl (C=O) groups is 1. The van der Waals surface area contributed by atoms with Gasteiger partial charge in [0.25, 0.3) is 0 Å². The van der Waals surface area contributed by atoms with Crippen LogP contribution in [0.1, 0.15) is 55.4 Å². The van der Waals surface area contributed by atoms with Crippen molar-refractivity contribution in [1.82, 2.24) is 0 Å². The lowest BCUT2D eigenvalue weighted by Gasteiger charge is -2.05. The normalized spacial score (nSPS) is 9.32. The van der Waals surface area contributed by atoms with Crippen LogP contribution in [-0.2, 0) is 25.4 Å². The second kappa shape index (κ2) is 18.9. The Labute approximate surface area is 146 Å². The molecule has 0 aromatic carbocycles. The molecule has 0 fully saturated rings. The van der Waals surface area contributed by atoms with E-state index in [1.54, 1.807) is 12.5 Å². The van der Waals surface area contributed by atoms with Crippen molar-refractivity contribution in [1.29, 1.82) is 0 Å². The molecule has 0 spiro atoms. The average molecular weight is 377 g/mol. The lowest BCUT2D eigenvalue weighted by molar-refractivity contribution is -0.114. The van der Waals surface area contributed by atoms with Crippen molar-refractivity contribution in [2.75, 3.05) is 25.0 Å². The number of thiocarbonyl (C=S) groups is 1. The molecular weight excluding hydrogens is 340 g/mol. The van der Waals surface area contributed by atoms with Gasteiger partial charge in [-0.15, -0.1) is 0 Å². The first kappa shape index (κ1) is 33.5. The van der Waals surface area contributed by atoms with Gasteiger partial charge in [-0.25, -0.2) is 8.42 Å². The van der Waals surface area contributed by atoms with Gasteiger partial charge in [0, 0.05) is 35.8 Å². The summed E-state index contributed by atoms with van der Waals surface area (Å²) in [5, 5.41) is 0. The summed E-state index contributed by atoms with van der Waals surface area (Å²) in [7, 11) is -3.28. The van der Waals surface area contributed by atoms with E-state index >= 15 is 0 Å². The quantitative estimate of drug-likeness (QED) is 0.603. The first-order valence-electron chi connectivity index (χ1n) is 6.54. The molecule has 0 aliphatic carbocycles. The lowest BCUT2D eigenvalue weighted by Crippen LogP contribution is -1.93. The lowest BCUT2D eigenvalue weighted by atomic mass is 10.0. The Kier molecular flexibility index (Phi) is 28.8. The largest absolute Gasteiger partial charge is 0.300 e. The molecule has 0 heterocycles. The molecule has 0 unspecified atom stereocenters. The first-order valence-corrected chi connectivity index (χ1v) is 11.2. The fraction of sp³-hybridized carbons (Fsp3) is 0.867. The molecule has 4 nitrogen and oxygen atoms in total. The topological polar surface area (TPSA) is 68.3 Å². The van der Waals surface area contributed by atoms with Crippen LogP contribution < -0.4 is 0 Å². The number of hydrogen-bond acceptors (Lipinski definition) is 5. The molecule has 0 atom stereocenters. The smallest absolute Gasteiger partial charge is 0.144 e. The molecule has 0 aliphatic heterocycles. The molecule has 22 heavy (non-hydrogen) atoms.